The number of rotatable bonds is 7. The lowest BCUT2D eigenvalue weighted by molar-refractivity contribution is -0.492. The molecule has 0 aliphatic carbocycles. The first kappa shape index (κ1) is 12.4. The van der Waals surface area contributed by atoms with E-state index in [1.807, 2.05) is 6.92 Å². The molecule has 1 N–H and O–H groups in total. The fourth-order valence-corrected chi connectivity index (χ4v) is 1.24. The van der Waals surface area contributed by atoms with Gasteiger partial charge in [-0.25, -0.2) is 0 Å². The highest BCUT2D eigenvalue weighted by atomic mass is 16.6. The Bertz CT molecular complexity index is 150. The smallest absolute Gasteiger partial charge is 0.229 e. The highest BCUT2D eigenvalue weighted by molar-refractivity contribution is 4.63. The Hall–Kier alpha value is -0.640. The largest absolute Gasteiger partial charge is 0.386 e. The van der Waals surface area contributed by atoms with Gasteiger partial charge in [-0.3, -0.25) is 10.1 Å². The van der Waals surface area contributed by atoms with E-state index in [0.29, 0.717) is 0 Å². The van der Waals surface area contributed by atoms with Gasteiger partial charge in [-0.1, -0.05) is 33.1 Å². The molecule has 0 spiro atoms. The summed E-state index contributed by atoms with van der Waals surface area (Å²) in [5.41, 5.74) is 0. The zero-order valence-electron chi connectivity index (χ0n) is 8.40. The summed E-state index contributed by atoms with van der Waals surface area (Å²) in [5.74, 6) is 0.0388. The van der Waals surface area contributed by atoms with Gasteiger partial charge < -0.3 is 5.11 Å². The van der Waals surface area contributed by atoms with Crippen LogP contribution >= 0.6 is 0 Å². The maximum absolute atomic E-state index is 10.1. The Kier molecular flexibility index (Phi) is 6.49. The lowest BCUT2D eigenvalue weighted by Gasteiger charge is -2.14. The van der Waals surface area contributed by atoms with E-state index in [1.54, 1.807) is 0 Å². The molecule has 4 nitrogen and oxygen atoms in total. The van der Waals surface area contributed by atoms with E-state index in [1.165, 1.54) is 0 Å². The zero-order chi connectivity index (χ0) is 10.3. The summed E-state index contributed by atoms with van der Waals surface area (Å²) in [4.78, 5) is 9.63. The third-order valence-corrected chi connectivity index (χ3v) is 2.26. The van der Waals surface area contributed by atoms with Crippen LogP contribution in [0.15, 0.2) is 0 Å². The van der Waals surface area contributed by atoms with Gasteiger partial charge in [0.25, 0.3) is 0 Å². The highest BCUT2D eigenvalue weighted by Gasteiger charge is 2.18. The molecule has 1 unspecified atom stereocenters. The lowest BCUT2D eigenvalue weighted by Crippen LogP contribution is -2.26. The van der Waals surface area contributed by atoms with Gasteiger partial charge in [0.05, 0.1) is 0 Å². The summed E-state index contributed by atoms with van der Waals surface area (Å²) in [5, 5.41) is 19.4. The van der Waals surface area contributed by atoms with E-state index in [2.05, 4.69) is 6.92 Å². The van der Waals surface area contributed by atoms with Crippen LogP contribution in [0, 0.1) is 16.0 Å². The second-order valence-electron chi connectivity index (χ2n) is 3.56. The molecular weight excluding hydrogens is 170 g/mol. The molecule has 2 atom stereocenters. The molecule has 0 heterocycles. The average Bonchev–Trinajstić information content (AvgIpc) is 2.03. The molecule has 78 valence electrons. The monoisotopic (exact) mass is 189 g/mol. The van der Waals surface area contributed by atoms with Crippen LogP contribution in [0.4, 0.5) is 0 Å². The van der Waals surface area contributed by atoms with Gasteiger partial charge in [0.2, 0.25) is 6.54 Å². The third kappa shape index (κ3) is 6.51. The maximum atomic E-state index is 10.1. The fourth-order valence-electron chi connectivity index (χ4n) is 1.24. The van der Waals surface area contributed by atoms with E-state index in [9.17, 15) is 15.2 Å². The maximum Gasteiger partial charge on any atom is 0.229 e. The number of unbranched alkanes of at least 4 members (excludes halogenated alkanes) is 2. The standard InChI is InChI=1S/C9H19NO3/c1-3-4-5-6-8(2)9(11)7-10(12)13/h8-9,11H,3-7H2,1-2H3/t8?,9-/m1/s1. The quantitative estimate of drug-likeness (QED) is 0.377. The normalized spacial score (nSPS) is 15.3. The topological polar surface area (TPSA) is 63.4 Å². The second kappa shape index (κ2) is 6.83. The van der Waals surface area contributed by atoms with Crippen LogP contribution in [0.5, 0.6) is 0 Å². The molecule has 0 aromatic rings. The molecule has 0 saturated carbocycles. The molecule has 0 fully saturated rings. The van der Waals surface area contributed by atoms with Gasteiger partial charge in [-0.2, -0.15) is 0 Å². The molecular formula is C9H19NO3. The second-order valence-corrected chi connectivity index (χ2v) is 3.56. The van der Waals surface area contributed by atoms with E-state index >= 15 is 0 Å². The minimum Gasteiger partial charge on any atom is -0.386 e. The Morgan fingerprint density at radius 3 is 2.54 bits per heavy atom. The molecule has 0 amide bonds. The van der Waals surface area contributed by atoms with Crippen molar-refractivity contribution in [1.82, 2.24) is 0 Å². The van der Waals surface area contributed by atoms with Crippen LogP contribution in [0.25, 0.3) is 0 Å². The van der Waals surface area contributed by atoms with Crippen molar-refractivity contribution < 1.29 is 10.0 Å². The van der Waals surface area contributed by atoms with Gasteiger partial charge in [0.1, 0.15) is 6.10 Å². The van der Waals surface area contributed by atoms with Crippen molar-refractivity contribution in [2.24, 2.45) is 5.92 Å². The molecule has 0 bridgehead atoms. The Morgan fingerprint density at radius 1 is 1.46 bits per heavy atom. The SMILES string of the molecule is CCCCCC(C)[C@H](O)C[N+](=O)[O-]. The summed E-state index contributed by atoms with van der Waals surface area (Å²) in [6.45, 7) is 3.65. The molecule has 4 heteroatoms. The number of nitrogens with zero attached hydrogens (tertiary/aromatic N) is 1. The summed E-state index contributed by atoms with van der Waals surface area (Å²) >= 11 is 0. The van der Waals surface area contributed by atoms with Gasteiger partial charge in [-0.15, -0.1) is 0 Å². The Balaban J connectivity index is 3.56. The molecule has 0 aromatic carbocycles. The predicted molar refractivity (Wildman–Crippen MR) is 51.2 cm³/mol. The molecule has 0 aliphatic rings. The molecule has 0 radical (unpaired) electrons. The van der Waals surface area contributed by atoms with Crippen LogP contribution in [0.3, 0.4) is 0 Å². The van der Waals surface area contributed by atoms with E-state index < -0.39 is 11.0 Å². The van der Waals surface area contributed by atoms with Crippen molar-refractivity contribution in [3.05, 3.63) is 10.1 Å². The molecule has 0 saturated heterocycles. The molecule has 0 aromatic heterocycles. The number of aliphatic hydroxyl groups is 1. The minimum atomic E-state index is -0.785. The van der Waals surface area contributed by atoms with Crippen LogP contribution < -0.4 is 0 Å². The number of hydrogen-bond donors (Lipinski definition) is 1. The predicted octanol–water partition coefficient (Wildman–Crippen LogP) is 1.84. The number of aliphatic hydroxyl groups excluding tert-OH is 1. The lowest BCUT2D eigenvalue weighted by atomic mass is 9.97. The zero-order valence-corrected chi connectivity index (χ0v) is 8.40. The van der Waals surface area contributed by atoms with Crippen LogP contribution in [-0.4, -0.2) is 22.7 Å². The first-order chi connectivity index (χ1) is 6.07. The van der Waals surface area contributed by atoms with Crippen molar-refractivity contribution in [2.75, 3.05) is 6.54 Å². The van der Waals surface area contributed by atoms with Gasteiger partial charge >= 0.3 is 0 Å². The van der Waals surface area contributed by atoms with Crippen molar-refractivity contribution in [3.63, 3.8) is 0 Å². The summed E-state index contributed by atoms with van der Waals surface area (Å²) in [7, 11) is 0. The van der Waals surface area contributed by atoms with Crippen LogP contribution in [0.1, 0.15) is 39.5 Å². The Labute approximate surface area is 79.1 Å². The van der Waals surface area contributed by atoms with E-state index in [-0.39, 0.29) is 12.5 Å². The molecule has 0 aliphatic heterocycles. The average molecular weight is 189 g/mol. The summed E-state index contributed by atoms with van der Waals surface area (Å²) in [6.07, 6.45) is 3.41. The molecule has 13 heavy (non-hydrogen) atoms. The third-order valence-electron chi connectivity index (χ3n) is 2.26. The van der Waals surface area contributed by atoms with Crippen LogP contribution in [0.2, 0.25) is 0 Å². The van der Waals surface area contributed by atoms with Gasteiger partial charge in [-0.05, 0) is 12.3 Å². The minimum absolute atomic E-state index is 0.0388. The van der Waals surface area contributed by atoms with Crippen molar-refractivity contribution in [3.8, 4) is 0 Å². The van der Waals surface area contributed by atoms with Gasteiger partial charge in [0.15, 0.2) is 0 Å². The van der Waals surface area contributed by atoms with Crippen molar-refractivity contribution >= 4 is 0 Å². The summed E-state index contributed by atoms with van der Waals surface area (Å²) in [6, 6.07) is 0. The summed E-state index contributed by atoms with van der Waals surface area (Å²) < 4.78 is 0. The van der Waals surface area contributed by atoms with E-state index in [0.717, 1.165) is 25.7 Å². The van der Waals surface area contributed by atoms with Gasteiger partial charge in [0, 0.05) is 4.92 Å². The number of nitro groups is 1. The van der Waals surface area contributed by atoms with Crippen molar-refractivity contribution in [2.45, 2.75) is 45.6 Å². The Morgan fingerprint density at radius 2 is 2.08 bits per heavy atom. The first-order valence-electron chi connectivity index (χ1n) is 4.87. The molecule has 0 rings (SSSR count). The van der Waals surface area contributed by atoms with E-state index in [4.69, 9.17) is 0 Å². The van der Waals surface area contributed by atoms with Crippen molar-refractivity contribution in [1.29, 1.82) is 0 Å². The first-order valence-corrected chi connectivity index (χ1v) is 4.87. The fraction of sp³-hybridized carbons (Fsp3) is 1.00. The number of hydrogen-bond acceptors (Lipinski definition) is 3. The highest BCUT2D eigenvalue weighted by Crippen LogP contribution is 2.13. The van der Waals surface area contributed by atoms with Crippen LogP contribution in [-0.2, 0) is 0 Å².